The summed E-state index contributed by atoms with van der Waals surface area (Å²) in [7, 11) is 0. The van der Waals surface area contributed by atoms with Gasteiger partial charge in [0.25, 0.3) is 0 Å². The average Bonchev–Trinajstić information content (AvgIpc) is 1.86. The van der Waals surface area contributed by atoms with Gasteiger partial charge >= 0.3 is 0 Å². The maximum atomic E-state index is 5.42. The van der Waals surface area contributed by atoms with Gasteiger partial charge in [-0.25, -0.2) is 0 Å². The topological polar surface area (TPSA) is 0 Å². The molecule has 0 radical (unpaired) electrons. The van der Waals surface area contributed by atoms with Gasteiger partial charge in [0.15, 0.2) is 0 Å². The first kappa shape index (κ1) is 8.65. The molecule has 0 nitrogen and oxygen atoms in total. The summed E-state index contributed by atoms with van der Waals surface area (Å²) in [4.78, 5) is 0. The van der Waals surface area contributed by atoms with Crippen molar-refractivity contribution in [1.82, 2.24) is 0 Å². The van der Waals surface area contributed by atoms with E-state index in [-0.39, 0.29) is 0 Å². The van der Waals surface area contributed by atoms with E-state index in [1.165, 1.54) is 12.2 Å². The van der Waals surface area contributed by atoms with Crippen molar-refractivity contribution < 1.29 is 0 Å². The van der Waals surface area contributed by atoms with Crippen LogP contribution >= 0.6 is 16.6 Å². The molecule has 1 rings (SSSR count). The molecule has 1 saturated heterocycles. The Balaban J connectivity index is 2.58. The van der Waals surface area contributed by atoms with Gasteiger partial charge in [-0.3, -0.25) is 0 Å². The van der Waals surface area contributed by atoms with E-state index in [4.69, 9.17) is 18.2 Å². The van der Waals surface area contributed by atoms with Crippen molar-refractivity contribution in [2.75, 3.05) is 18.6 Å². The highest BCUT2D eigenvalue weighted by atomic mass is 32.9. The van der Waals surface area contributed by atoms with Crippen LogP contribution in [0.25, 0.3) is 0 Å². The molecule has 56 valence electrons. The maximum Gasteiger partial charge on any atom is 0.0262 e. The smallest absolute Gasteiger partial charge is 0.0262 e. The molecule has 1 aliphatic heterocycles. The van der Waals surface area contributed by atoms with Crippen LogP contribution in [-0.2, 0) is 11.8 Å². The highest BCUT2D eigenvalue weighted by molar-refractivity contribution is 8.70. The second-order valence-corrected chi connectivity index (χ2v) is 12.0. The van der Waals surface area contributed by atoms with Crippen LogP contribution in [0.3, 0.4) is 0 Å². The molecule has 1 fully saturated rings. The average molecular weight is 190 g/mol. The van der Waals surface area contributed by atoms with Crippen molar-refractivity contribution in [1.29, 1.82) is 0 Å². The van der Waals surface area contributed by atoms with Gasteiger partial charge in [-0.2, -0.15) is 0 Å². The first-order valence-corrected chi connectivity index (χ1v) is 8.34. The lowest BCUT2D eigenvalue weighted by atomic mass is 10.1. The Morgan fingerprint density at radius 3 is 2.90 bits per heavy atom. The molecular weight excluding hydrogens is 179 g/mol. The molecule has 2 atom stereocenters. The zero-order chi connectivity index (χ0) is 7.61. The lowest BCUT2D eigenvalue weighted by Crippen LogP contribution is -2.09. The van der Waals surface area contributed by atoms with Gasteiger partial charge in [-0.15, -0.1) is 23.7 Å². The van der Waals surface area contributed by atoms with Crippen LogP contribution < -0.4 is 0 Å². The van der Waals surface area contributed by atoms with Crippen LogP contribution in [0.4, 0.5) is 0 Å². The molecule has 0 N–H and O–H groups in total. The molecule has 0 saturated carbocycles. The third kappa shape index (κ3) is 2.31. The van der Waals surface area contributed by atoms with Crippen molar-refractivity contribution >= 4 is 28.4 Å². The molecule has 0 aromatic rings. The summed E-state index contributed by atoms with van der Waals surface area (Å²) >= 11 is 7.39. The Morgan fingerprint density at radius 1 is 1.80 bits per heavy atom. The zero-order valence-corrected chi connectivity index (χ0v) is 8.57. The van der Waals surface area contributed by atoms with E-state index in [0.29, 0.717) is 5.92 Å². The van der Waals surface area contributed by atoms with E-state index in [2.05, 4.69) is 12.6 Å². The molecule has 3 heteroatoms. The monoisotopic (exact) mass is 190 g/mol. The number of hydrogen-bond acceptors (Lipinski definition) is 2. The van der Waals surface area contributed by atoms with Gasteiger partial charge in [-0.05, 0) is 25.0 Å². The quantitative estimate of drug-likeness (QED) is 0.425. The SMILES string of the molecule is C#CC1CCSP(C)(=S)C1. The molecule has 0 aromatic heterocycles. The molecular formula is C7H11PS2. The fraction of sp³-hybridized carbons (Fsp3) is 0.714. The minimum Gasteiger partial charge on any atom is -0.124 e. The van der Waals surface area contributed by atoms with Gasteiger partial charge in [-0.1, -0.05) is 11.8 Å². The van der Waals surface area contributed by atoms with Crippen LogP contribution in [-0.4, -0.2) is 18.6 Å². The van der Waals surface area contributed by atoms with E-state index in [1.54, 1.807) is 0 Å². The Kier molecular flexibility index (Phi) is 2.86. The fourth-order valence-corrected chi connectivity index (χ4v) is 6.58. The second kappa shape index (κ2) is 3.30. The zero-order valence-electron chi connectivity index (χ0n) is 6.04. The van der Waals surface area contributed by atoms with Crippen LogP contribution in [0.15, 0.2) is 0 Å². The molecule has 0 aromatic carbocycles. The summed E-state index contributed by atoms with van der Waals surface area (Å²) in [5.41, 5.74) is 0. The summed E-state index contributed by atoms with van der Waals surface area (Å²) in [6, 6.07) is 0. The molecule has 10 heavy (non-hydrogen) atoms. The van der Waals surface area contributed by atoms with Crippen molar-refractivity contribution in [2.24, 2.45) is 5.92 Å². The number of hydrogen-bond donors (Lipinski definition) is 0. The Morgan fingerprint density at radius 2 is 2.50 bits per heavy atom. The first-order chi connectivity index (χ1) is 4.64. The Bertz CT molecular complexity index is 204. The van der Waals surface area contributed by atoms with Gasteiger partial charge in [0.05, 0.1) is 0 Å². The van der Waals surface area contributed by atoms with Crippen molar-refractivity contribution in [3.05, 3.63) is 0 Å². The molecule has 0 aliphatic carbocycles. The summed E-state index contributed by atoms with van der Waals surface area (Å²) < 4.78 is 0. The van der Waals surface area contributed by atoms with E-state index in [0.717, 1.165) is 6.16 Å². The molecule has 1 aliphatic rings. The Hall–Kier alpha value is 0.560. The predicted octanol–water partition coefficient (Wildman–Crippen LogP) is 2.40. The van der Waals surface area contributed by atoms with Gasteiger partial charge < -0.3 is 0 Å². The molecule has 0 amide bonds. The normalized spacial score (nSPS) is 40.6. The van der Waals surface area contributed by atoms with Crippen LogP contribution in [0.5, 0.6) is 0 Å². The third-order valence-corrected chi connectivity index (χ3v) is 7.72. The van der Waals surface area contributed by atoms with Crippen molar-refractivity contribution in [3.8, 4) is 12.3 Å². The molecule has 2 unspecified atom stereocenters. The van der Waals surface area contributed by atoms with E-state index >= 15 is 0 Å². The lowest BCUT2D eigenvalue weighted by molar-refractivity contribution is 0.736. The van der Waals surface area contributed by atoms with Crippen LogP contribution in [0.1, 0.15) is 6.42 Å². The summed E-state index contributed by atoms with van der Waals surface area (Å²) in [6.07, 6.45) is 7.63. The van der Waals surface area contributed by atoms with Crippen LogP contribution in [0.2, 0.25) is 0 Å². The first-order valence-electron chi connectivity index (χ1n) is 3.31. The van der Waals surface area contributed by atoms with Gasteiger partial charge in [0.2, 0.25) is 0 Å². The minimum atomic E-state index is -1.05. The highest BCUT2D eigenvalue weighted by Gasteiger charge is 2.22. The largest absolute Gasteiger partial charge is 0.124 e. The minimum absolute atomic E-state index is 0.483. The summed E-state index contributed by atoms with van der Waals surface area (Å²) in [5, 5.41) is -1.05. The fourth-order valence-electron chi connectivity index (χ4n) is 1.07. The van der Waals surface area contributed by atoms with E-state index in [1.807, 2.05) is 11.4 Å². The highest BCUT2D eigenvalue weighted by Crippen LogP contribution is 2.60. The predicted molar refractivity (Wildman–Crippen MR) is 54.5 cm³/mol. The molecule has 1 heterocycles. The van der Waals surface area contributed by atoms with E-state index in [9.17, 15) is 0 Å². The van der Waals surface area contributed by atoms with Crippen molar-refractivity contribution in [3.63, 3.8) is 0 Å². The maximum absolute atomic E-state index is 5.42. The Labute approximate surface area is 71.9 Å². The number of terminal acetylenes is 1. The van der Waals surface area contributed by atoms with Crippen LogP contribution in [0, 0.1) is 18.3 Å². The third-order valence-electron chi connectivity index (χ3n) is 1.62. The van der Waals surface area contributed by atoms with Gasteiger partial charge in [0.1, 0.15) is 0 Å². The lowest BCUT2D eigenvalue weighted by Gasteiger charge is -2.25. The second-order valence-electron chi connectivity index (χ2n) is 2.68. The standard InChI is InChI=1S/C7H11PS2/c1-3-7-4-5-10-8(2,9)6-7/h1,7H,4-6H2,2H3. The van der Waals surface area contributed by atoms with E-state index < -0.39 is 5.24 Å². The summed E-state index contributed by atoms with van der Waals surface area (Å²) in [5.74, 6) is 4.47. The summed E-state index contributed by atoms with van der Waals surface area (Å²) in [6.45, 7) is 2.20. The van der Waals surface area contributed by atoms with Gasteiger partial charge in [0, 0.05) is 11.2 Å². The molecule has 0 spiro atoms. The number of rotatable bonds is 0. The van der Waals surface area contributed by atoms with Crippen molar-refractivity contribution in [2.45, 2.75) is 6.42 Å². The molecule has 0 bridgehead atoms.